The Morgan fingerprint density at radius 2 is 1.32 bits per heavy atom. The fraction of sp³-hybridized carbons (Fsp3) is 0.468. The number of ketones is 1. The van der Waals surface area contributed by atoms with Crippen LogP contribution in [0, 0.1) is 6.92 Å². The van der Waals surface area contributed by atoms with Crippen molar-refractivity contribution >= 4 is 40.3 Å². The third-order valence-corrected chi connectivity index (χ3v) is 15.3. The summed E-state index contributed by atoms with van der Waals surface area (Å²) in [6.07, 6.45) is 8.05. The molecule has 1 N–H and O–H groups in total. The van der Waals surface area contributed by atoms with E-state index in [0.29, 0.717) is 106 Å². The minimum atomic E-state index is -0.0110. The van der Waals surface area contributed by atoms with E-state index in [1.54, 1.807) is 14.2 Å². The number of para-hydroxylation sites is 2. The smallest absolute Gasteiger partial charge is 0.260 e. The molecule has 76 heavy (non-hydrogen) atoms. The van der Waals surface area contributed by atoms with Gasteiger partial charge in [0.1, 0.15) is 24.7 Å². The summed E-state index contributed by atoms with van der Waals surface area (Å²) < 4.78 is 36.3. The zero-order valence-corrected chi connectivity index (χ0v) is 45.3. The molecule has 0 radical (unpaired) electrons. The molecule has 14 heteroatoms. The molecular formula is C62H77N5O9. The highest BCUT2D eigenvalue weighted by Crippen LogP contribution is 2.42. The predicted octanol–water partition coefficient (Wildman–Crippen LogP) is 9.71. The molecule has 14 nitrogen and oxygen atoms in total. The molecule has 404 valence electrons. The maximum absolute atomic E-state index is 14.3. The maximum atomic E-state index is 14.3. The van der Waals surface area contributed by atoms with Crippen molar-refractivity contribution in [2.24, 2.45) is 0 Å². The van der Waals surface area contributed by atoms with Gasteiger partial charge in [-0.15, -0.1) is 0 Å². The maximum Gasteiger partial charge on any atom is 0.260 e. The molecule has 2 amide bonds. The summed E-state index contributed by atoms with van der Waals surface area (Å²) in [6, 6.07) is 30.8. The Kier molecular flexibility index (Phi) is 18.6. The number of amides is 2. The minimum absolute atomic E-state index is 0.00876. The summed E-state index contributed by atoms with van der Waals surface area (Å²) in [5.74, 6) is 2.06. The van der Waals surface area contributed by atoms with Gasteiger partial charge in [-0.1, -0.05) is 49.7 Å². The van der Waals surface area contributed by atoms with E-state index < -0.39 is 0 Å². The van der Waals surface area contributed by atoms with Gasteiger partial charge in [0.05, 0.1) is 57.4 Å². The Morgan fingerprint density at radius 1 is 0.658 bits per heavy atom. The first-order valence-corrected chi connectivity index (χ1v) is 27.5. The molecule has 0 aliphatic carbocycles. The zero-order chi connectivity index (χ0) is 53.0. The van der Waals surface area contributed by atoms with Crippen LogP contribution in [0.3, 0.4) is 0 Å². The van der Waals surface area contributed by atoms with Crippen molar-refractivity contribution in [1.29, 1.82) is 0 Å². The molecule has 4 aliphatic rings. The number of likely N-dealkylation sites (N-methyl/N-ethyl adjacent to an activating group) is 1. The Labute approximate surface area is 449 Å². The number of rotatable bonds is 28. The van der Waals surface area contributed by atoms with Gasteiger partial charge in [-0.3, -0.25) is 14.4 Å². The molecule has 0 bridgehead atoms. The second kappa shape index (κ2) is 26.1. The summed E-state index contributed by atoms with van der Waals surface area (Å²) >= 11 is 0. The predicted molar refractivity (Wildman–Crippen MR) is 299 cm³/mol. The van der Waals surface area contributed by atoms with E-state index in [2.05, 4.69) is 59.4 Å². The molecule has 2 atom stereocenters. The monoisotopic (exact) mass is 1040 g/mol. The van der Waals surface area contributed by atoms with Crippen molar-refractivity contribution in [3.63, 3.8) is 0 Å². The van der Waals surface area contributed by atoms with E-state index >= 15 is 0 Å². The molecule has 5 aromatic carbocycles. The molecule has 0 unspecified atom stereocenters. The number of benzene rings is 5. The lowest BCUT2D eigenvalue weighted by molar-refractivity contribution is -0.119. The van der Waals surface area contributed by atoms with E-state index in [1.807, 2.05) is 77.4 Å². The van der Waals surface area contributed by atoms with Crippen molar-refractivity contribution in [1.82, 2.24) is 5.32 Å². The summed E-state index contributed by atoms with van der Waals surface area (Å²) in [4.78, 5) is 50.2. The summed E-state index contributed by atoms with van der Waals surface area (Å²) in [6.45, 7) is 10.8. The van der Waals surface area contributed by atoms with Gasteiger partial charge in [0, 0.05) is 81.4 Å². The third-order valence-electron chi connectivity index (χ3n) is 15.3. The number of anilines is 4. The van der Waals surface area contributed by atoms with Crippen LogP contribution in [-0.2, 0) is 51.5 Å². The Hall–Kier alpha value is -6.45. The normalized spacial score (nSPS) is 16.3. The molecule has 5 aromatic rings. The van der Waals surface area contributed by atoms with Crippen LogP contribution in [-0.4, -0.2) is 117 Å². The number of nitrogens with one attached hydrogen (secondary N) is 1. The van der Waals surface area contributed by atoms with Gasteiger partial charge in [-0.2, -0.15) is 0 Å². The van der Waals surface area contributed by atoms with Crippen LogP contribution < -0.4 is 39.1 Å². The Balaban J connectivity index is 0.969. The van der Waals surface area contributed by atoms with Crippen LogP contribution in [0.25, 0.3) is 0 Å². The molecule has 0 spiro atoms. The third kappa shape index (κ3) is 12.9. The van der Waals surface area contributed by atoms with Crippen molar-refractivity contribution in [2.45, 2.75) is 103 Å². The molecule has 4 aliphatic heterocycles. The fourth-order valence-electron chi connectivity index (χ4n) is 11.4. The number of methoxy groups -OCH3 is 2. The highest BCUT2D eigenvalue weighted by Gasteiger charge is 2.40. The Bertz CT molecular complexity index is 2820. The van der Waals surface area contributed by atoms with Gasteiger partial charge in [-0.05, 0) is 147 Å². The van der Waals surface area contributed by atoms with Gasteiger partial charge in [0.15, 0.2) is 11.5 Å². The van der Waals surface area contributed by atoms with Gasteiger partial charge in [0.25, 0.3) is 11.8 Å². The molecule has 4 heterocycles. The van der Waals surface area contributed by atoms with Crippen molar-refractivity contribution < 1.29 is 42.8 Å². The number of ether oxygens (including phenoxy) is 6. The number of Topliss-reactive ketones (excluding diaryl/α,β-unsaturated/α-hetero) is 1. The van der Waals surface area contributed by atoms with E-state index in [0.717, 1.165) is 103 Å². The first-order chi connectivity index (χ1) is 37.1. The largest absolute Gasteiger partial charge is 0.493 e. The summed E-state index contributed by atoms with van der Waals surface area (Å²) in [5, 5.41) is 3.37. The number of fused-ring (bicyclic) bond motifs is 8. The van der Waals surface area contributed by atoms with Gasteiger partial charge in [0.2, 0.25) is 0 Å². The number of hydrogen-bond acceptors (Lipinski definition) is 12. The first-order valence-electron chi connectivity index (χ1n) is 27.5. The van der Waals surface area contributed by atoms with E-state index in [4.69, 9.17) is 28.4 Å². The molecule has 0 saturated heterocycles. The van der Waals surface area contributed by atoms with Gasteiger partial charge < -0.3 is 53.3 Å². The number of carbonyl (C=O) groups is 3. The number of hydrogen-bond donors (Lipinski definition) is 1. The highest BCUT2D eigenvalue weighted by molar-refractivity contribution is 6.12. The molecule has 0 fully saturated rings. The van der Waals surface area contributed by atoms with Crippen LogP contribution in [0.4, 0.5) is 22.7 Å². The van der Waals surface area contributed by atoms with Crippen LogP contribution in [0.15, 0.2) is 91.0 Å². The number of unbranched alkanes of at least 4 members (excludes halogenated alkanes) is 2. The summed E-state index contributed by atoms with van der Waals surface area (Å²) in [7, 11) is 5.32. The van der Waals surface area contributed by atoms with Crippen LogP contribution >= 0.6 is 0 Å². The van der Waals surface area contributed by atoms with Crippen LogP contribution in [0.2, 0.25) is 0 Å². The lowest BCUT2D eigenvalue weighted by Gasteiger charge is -2.26. The highest BCUT2D eigenvalue weighted by atomic mass is 16.5. The van der Waals surface area contributed by atoms with E-state index in [1.165, 1.54) is 11.1 Å². The molecule has 9 rings (SSSR count). The average Bonchev–Trinajstić information content (AvgIpc) is 3.93. The standard InChI is InChI=1S/C62H77N5O9/c1-6-63-23-13-7-8-17-52(68)18-14-24-65(25-26-73-29-30-74-28-27-71-4)50-33-44(41-75-58-39-57-54(31-43(58)2)62(70)67-51(40-64(57)3)36-48-16-10-12-20-56(48)67)32-45(34-50)42-76-60-37-46-21-22-49-35-47-15-9-11-19-55(47)66(49)61(69)53(46)38-59(60)72-5/h9-12,15-16,19-20,31-34,37-39,49,51,63H,6-8,13-14,17-18,21-30,35-36,40-42H2,1-5H3/t49-,51+/m1/s1. The molecule has 0 aromatic heterocycles. The lowest BCUT2D eigenvalue weighted by atomic mass is 9.99. The lowest BCUT2D eigenvalue weighted by Crippen LogP contribution is -2.41. The quantitative estimate of drug-likeness (QED) is 0.0479. The first kappa shape index (κ1) is 54.3. The SMILES string of the molecule is CCNCCCCCC(=O)CCCN(CCOCCOCCOC)c1cc(COc2cc3c(cc2C)C(=O)N2c4ccccc4C[C@H]2CN3C)cc(COc2cc3c(cc2OC)C(=O)N2c4ccccc4C[C@H]2CC3)c1. The molecule has 0 saturated carbocycles. The topological polar surface area (TPSA) is 132 Å². The van der Waals surface area contributed by atoms with Crippen molar-refractivity contribution in [3.05, 3.63) is 136 Å². The van der Waals surface area contributed by atoms with Crippen LogP contribution in [0.1, 0.15) is 106 Å². The van der Waals surface area contributed by atoms with E-state index in [-0.39, 0.29) is 37.1 Å². The zero-order valence-electron chi connectivity index (χ0n) is 45.3. The van der Waals surface area contributed by atoms with Crippen molar-refractivity contribution in [3.8, 4) is 17.2 Å². The molecular weight excluding hydrogens is 959 g/mol. The second-order valence-corrected chi connectivity index (χ2v) is 20.6. The van der Waals surface area contributed by atoms with Gasteiger partial charge in [-0.25, -0.2) is 0 Å². The van der Waals surface area contributed by atoms with E-state index in [9.17, 15) is 14.4 Å². The number of aryl methyl sites for hydroxylation is 2. The average molecular weight is 1040 g/mol. The van der Waals surface area contributed by atoms with Crippen LogP contribution in [0.5, 0.6) is 17.2 Å². The summed E-state index contributed by atoms with van der Waals surface area (Å²) in [5.41, 5.74) is 11.2. The number of carbonyl (C=O) groups excluding carboxylic acids is 3. The minimum Gasteiger partial charge on any atom is -0.493 e. The number of nitrogens with zero attached hydrogens (tertiary/aromatic N) is 4. The van der Waals surface area contributed by atoms with Crippen molar-refractivity contribution in [2.75, 3.05) is 107 Å². The second-order valence-electron chi connectivity index (χ2n) is 20.6. The fourth-order valence-corrected chi connectivity index (χ4v) is 11.4. The van der Waals surface area contributed by atoms with Gasteiger partial charge >= 0.3 is 0 Å². The Morgan fingerprint density at radius 3 is 2.04 bits per heavy atom.